The Morgan fingerprint density at radius 2 is 1.59 bits per heavy atom. The van der Waals surface area contributed by atoms with Crippen molar-refractivity contribution >= 4 is 36.9 Å². The second-order valence-corrected chi connectivity index (χ2v) is 7.38. The van der Waals surface area contributed by atoms with Crippen molar-refractivity contribution in [1.29, 1.82) is 0 Å². The third-order valence-electron chi connectivity index (χ3n) is 3.99. The Morgan fingerprint density at radius 3 is 1.95 bits per heavy atom. The third-order valence-corrected chi connectivity index (χ3v) is 4.49. The van der Waals surface area contributed by atoms with Crippen molar-refractivity contribution in [3.05, 3.63) is 0 Å². The van der Waals surface area contributed by atoms with Crippen molar-refractivity contribution in [3.8, 4) is 0 Å². The van der Waals surface area contributed by atoms with Gasteiger partial charge in [-0.3, -0.25) is 4.79 Å². The van der Waals surface area contributed by atoms with Crippen molar-refractivity contribution in [2.75, 3.05) is 6.54 Å². The summed E-state index contributed by atoms with van der Waals surface area (Å²) in [6.45, 7) is 3.11. The smallest absolute Gasteiger partial charge is 0.320 e. The van der Waals surface area contributed by atoms with E-state index in [1.54, 1.807) is 0 Å². The largest absolute Gasteiger partial charge is 0.480 e. The molecule has 2 N–H and O–H groups in total. The molecule has 1 rings (SSSR count). The number of carbonyl (C=O) groups is 2. The predicted octanol–water partition coefficient (Wildman–Crippen LogP) is 3.43. The number of hydrogen-bond donors (Lipinski definition) is 2. The van der Waals surface area contributed by atoms with Gasteiger partial charge in [0, 0.05) is 0 Å². The van der Waals surface area contributed by atoms with Crippen molar-refractivity contribution in [2.24, 2.45) is 0 Å². The Labute approximate surface area is 153 Å². The minimum Gasteiger partial charge on any atom is -0.480 e. The van der Waals surface area contributed by atoms with Gasteiger partial charge in [0.25, 0.3) is 0 Å². The Balaban J connectivity index is 0.000000461. The van der Waals surface area contributed by atoms with Crippen LogP contribution in [0.2, 0.25) is 0 Å². The molecule has 1 saturated heterocycles. The van der Waals surface area contributed by atoms with Gasteiger partial charge in [0.15, 0.2) is 0 Å². The van der Waals surface area contributed by atoms with E-state index in [1.807, 2.05) is 0 Å². The van der Waals surface area contributed by atoms with Crippen LogP contribution < -0.4 is 5.32 Å². The predicted molar refractivity (Wildman–Crippen MR) is 91.3 cm³/mol. The molecule has 0 aromatic carbocycles. The van der Waals surface area contributed by atoms with Crippen molar-refractivity contribution in [2.45, 2.75) is 90.0 Å². The fraction of sp³-hybridized carbons (Fsp3) is 0.882. The Kier molecular flexibility index (Phi) is 16.0. The fourth-order valence-electron chi connectivity index (χ4n) is 2.58. The topological polar surface area (TPSA) is 66.4 Å². The van der Waals surface area contributed by atoms with Crippen LogP contribution in [0.3, 0.4) is 0 Å². The molecule has 1 aliphatic rings. The summed E-state index contributed by atoms with van der Waals surface area (Å²) in [5.41, 5.74) is 0. The van der Waals surface area contributed by atoms with E-state index >= 15 is 0 Å². The number of carboxylic acid groups (broad SMARTS) is 1. The molecular formula is C17H32NNaO3. The van der Waals surface area contributed by atoms with Gasteiger partial charge >= 0.3 is 113 Å². The van der Waals surface area contributed by atoms with Crippen molar-refractivity contribution < 1.29 is 14.7 Å². The van der Waals surface area contributed by atoms with E-state index in [1.165, 1.54) is 51.4 Å². The average Bonchev–Trinajstić information content (AvgIpc) is 3.00. The minimum absolute atomic E-state index is 0.269. The van der Waals surface area contributed by atoms with E-state index < -0.39 is 5.97 Å². The molecule has 0 saturated carbocycles. The van der Waals surface area contributed by atoms with Gasteiger partial charge < -0.3 is 10.4 Å². The summed E-state index contributed by atoms with van der Waals surface area (Å²) in [6.07, 6.45) is 14.7. The summed E-state index contributed by atoms with van der Waals surface area (Å²) in [7, 11) is 0. The van der Waals surface area contributed by atoms with Crippen LogP contribution in [0.25, 0.3) is 0 Å². The zero-order chi connectivity index (χ0) is 16.6. The van der Waals surface area contributed by atoms with E-state index in [2.05, 4.69) is 12.2 Å². The van der Waals surface area contributed by atoms with Crippen LogP contribution in [-0.2, 0) is 9.59 Å². The minimum atomic E-state index is -0.720. The van der Waals surface area contributed by atoms with Gasteiger partial charge in [0.05, 0.1) is 0 Å². The second-order valence-electron chi connectivity index (χ2n) is 6.27. The first-order valence-electron chi connectivity index (χ1n) is 9.03. The van der Waals surface area contributed by atoms with Crippen LogP contribution in [0.4, 0.5) is 0 Å². The first-order valence-corrected chi connectivity index (χ1v) is 10.0. The van der Waals surface area contributed by atoms with Gasteiger partial charge in [0.2, 0.25) is 0 Å². The molecule has 0 aliphatic carbocycles. The summed E-state index contributed by atoms with van der Waals surface area (Å²) in [6, 6.07) is -0.269. The van der Waals surface area contributed by atoms with E-state index in [0.29, 0.717) is 3.03 Å². The molecule has 1 atom stereocenters. The Morgan fingerprint density at radius 1 is 1.05 bits per heavy atom. The van der Waals surface area contributed by atoms with Gasteiger partial charge in [-0.05, 0) is 19.4 Å². The van der Waals surface area contributed by atoms with E-state index in [9.17, 15) is 9.59 Å². The zero-order valence-electron chi connectivity index (χ0n) is 14.5. The number of nitrogens with one attached hydrogen (secondary N) is 1. The standard InChI is InChI=1S/C12H23O.C5H9NO2.Na/c1-2-3-4-5-6-7-8-9-10-11-12-13;7-5(8)4-2-1-3-6-4;/h2-11H2,1H3;4,6H,1-3H2,(H,7,8);/t;4-;/m.0./s1. The molecule has 0 radical (unpaired) electrons. The summed E-state index contributed by atoms with van der Waals surface area (Å²) in [5.74, 6) is -0.720. The first kappa shape index (κ1) is 22.1. The van der Waals surface area contributed by atoms with Crippen LogP contribution in [-0.4, -0.2) is 54.6 Å². The van der Waals surface area contributed by atoms with Crippen LogP contribution in [0.1, 0.15) is 84.0 Å². The summed E-state index contributed by atoms with van der Waals surface area (Å²) in [5, 5.41) is 11.2. The molecule has 5 heteroatoms. The van der Waals surface area contributed by atoms with Gasteiger partial charge in [-0.15, -0.1) is 0 Å². The number of rotatable bonds is 11. The van der Waals surface area contributed by atoms with E-state index in [0.717, 1.165) is 60.2 Å². The second kappa shape index (κ2) is 16.0. The Hall–Kier alpha value is 0.1000. The molecule has 0 spiro atoms. The van der Waals surface area contributed by atoms with Gasteiger partial charge in [0.1, 0.15) is 6.04 Å². The quantitative estimate of drug-likeness (QED) is 0.452. The van der Waals surface area contributed by atoms with Gasteiger partial charge in [-0.1, -0.05) is 0 Å². The molecule has 1 heterocycles. The van der Waals surface area contributed by atoms with Gasteiger partial charge in [-0.2, -0.15) is 0 Å². The number of carbonyl (C=O) groups excluding carboxylic acids is 1. The maximum atomic E-state index is 10.7. The summed E-state index contributed by atoms with van der Waals surface area (Å²) < 4.78 is 0.480. The normalized spacial score (nSPS) is 17.0. The molecule has 0 aromatic heterocycles. The summed E-state index contributed by atoms with van der Waals surface area (Å²) in [4.78, 5) is 20.9. The van der Waals surface area contributed by atoms with Crippen LogP contribution in [0, 0.1) is 0 Å². The Bertz CT molecular complexity index is 292. The molecule has 1 aliphatic heterocycles. The molecule has 0 aromatic rings. The number of hydrogen-bond acceptors (Lipinski definition) is 3. The van der Waals surface area contributed by atoms with Crippen LogP contribution in [0.5, 0.6) is 0 Å². The summed E-state index contributed by atoms with van der Waals surface area (Å²) >= 11 is 0.751. The van der Waals surface area contributed by atoms with Gasteiger partial charge in [-0.25, -0.2) is 0 Å². The first-order chi connectivity index (χ1) is 10.6. The SMILES string of the molecule is CCCCCCCCCCC[C](=O)[Na].O=C(O)[C@@H]1CCCN1. The average molecular weight is 321 g/mol. The fourth-order valence-corrected chi connectivity index (χ4v) is 2.93. The third kappa shape index (κ3) is 15.0. The molecule has 4 nitrogen and oxygen atoms in total. The van der Waals surface area contributed by atoms with E-state index in [4.69, 9.17) is 5.11 Å². The van der Waals surface area contributed by atoms with Crippen molar-refractivity contribution in [3.63, 3.8) is 0 Å². The van der Waals surface area contributed by atoms with Crippen LogP contribution in [0.15, 0.2) is 0 Å². The van der Waals surface area contributed by atoms with Crippen LogP contribution >= 0.6 is 0 Å². The number of unbranched alkanes of at least 4 members (excludes halogenated alkanes) is 8. The maximum absolute atomic E-state index is 10.7. The van der Waals surface area contributed by atoms with Crippen molar-refractivity contribution in [1.82, 2.24) is 5.32 Å². The maximum Gasteiger partial charge on any atom is 0.320 e. The van der Waals surface area contributed by atoms with E-state index in [-0.39, 0.29) is 6.04 Å². The monoisotopic (exact) mass is 321 g/mol. The molecule has 0 bridgehead atoms. The molecule has 1 fully saturated rings. The number of carboxylic acids is 1. The molecule has 22 heavy (non-hydrogen) atoms. The zero-order valence-corrected chi connectivity index (χ0v) is 16.5. The molecule has 0 unspecified atom stereocenters. The molecule has 124 valence electrons. The molecular weight excluding hydrogens is 289 g/mol. The molecule has 0 amide bonds. The number of aliphatic carboxylic acids is 1.